The first-order valence-electron chi connectivity index (χ1n) is 6.86. The van der Waals surface area contributed by atoms with Crippen LogP contribution >= 0.6 is 0 Å². The van der Waals surface area contributed by atoms with Gasteiger partial charge in [0.05, 0.1) is 12.7 Å². The third-order valence-electron chi connectivity index (χ3n) is 4.04. The van der Waals surface area contributed by atoms with Crippen LogP contribution in [0.2, 0.25) is 0 Å². The summed E-state index contributed by atoms with van der Waals surface area (Å²) in [6.07, 6.45) is 3.99. The van der Waals surface area contributed by atoms with Crippen LogP contribution in [-0.4, -0.2) is 14.3 Å². The Hall–Kier alpha value is -2.07. The van der Waals surface area contributed by atoms with E-state index in [1.807, 2.05) is 17.9 Å². The summed E-state index contributed by atoms with van der Waals surface area (Å²) < 4.78 is 4.19. The molecule has 2 heterocycles. The Morgan fingerprint density at radius 1 is 1.20 bits per heavy atom. The molecule has 0 radical (unpaired) electrons. The largest absolute Gasteiger partial charge is 0.340 e. The van der Waals surface area contributed by atoms with Gasteiger partial charge < -0.3 is 10.3 Å². The average Bonchev–Trinajstić information content (AvgIpc) is 2.96. The summed E-state index contributed by atoms with van der Waals surface area (Å²) in [5.41, 5.74) is 12.0. The Morgan fingerprint density at radius 2 is 2.00 bits per heavy atom. The van der Waals surface area contributed by atoms with E-state index in [9.17, 15) is 0 Å². The lowest BCUT2D eigenvalue weighted by molar-refractivity contribution is 0.762. The Balaban J connectivity index is 2.12. The minimum Gasteiger partial charge on any atom is -0.340 e. The highest BCUT2D eigenvalue weighted by molar-refractivity contribution is 5.86. The van der Waals surface area contributed by atoms with Gasteiger partial charge in [0.1, 0.15) is 0 Å². The molecule has 4 heteroatoms. The summed E-state index contributed by atoms with van der Waals surface area (Å²) in [7, 11) is 1.95. The fourth-order valence-electron chi connectivity index (χ4n) is 2.76. The van der Waals surface area contributed by atoms with Crippen molar-refractivity contribution in [3.8, 4) is 0 Å². The Morgan fingerprint density at radius 3 is 2.65 bits per heavy atom. The predicted molar refractivity (Wildman–Crippen MR) is 81.6 cm³/mol. The van der Waals surface area contributed by atoms with E-state index in [1.54, 1.807) is 0 Å². The monoisotopic (exact) mass is 268 g/mol. The number of benzene rings is 1. The standard InChI is InChI=1S/C16H20N4/c1-11-12(2)20(10-14-8-18-19(3)9-14)16-5-4-13(7-17)6-15(11)16/h4-6,8-9H,7,10,17H2,1-3H3. The van der Waals surface area contributed by atoms with Gasteiger partial charge in [-0.2, -0.15) is 5.10 Å². The number of hydrogen-bond donors (Lipinski definition) is 1. The van der Waals surface area contributed by atoms with Crippen LogP contribution in [0.15, 0.2) is 30.6 Å². The molecule has 20 heavy (non-hydrogen) atoms. The number of nitrogens with two attached hydrogens (primary N) is 1. The number of aromatic nitrogens is 3. The van der Waals surface area contributed by atoms with Crippen molar-refractivity contribution < 1.29 is 0 Å². The molecule has 0 atom stereocenters. The van der Waals surface area contributed by atoms with Crippen molar-refractivity contribution in [1.29, 1.82) is 0 Å². The van der Waals surface area contributed by atoms with Crippen molar-refractivity contribution in [2.45, 2.75) is 26.9 Å². The van der Waals surface area contributed by atoms with Gasteiger partial charge in [0.2, 0.25) is 0 Å². The number of rotatable bonds is 3. The zero-order chi connectivity index (χ0) is 14.3. The van der Waals surface area contributed by atoms with E-state index in [2.05, 4.69) is 47.9 Å². The zero-order valence-corrected chi connectivity index (χ0v) is 12.2. The van der Waals surface area contributed by atoms with Crippen LogP contribution in [0.25, 0.3) is 10.9 Å². The summed E-state index contributed by atoms with van der Waals surface area (Å²) in [6.45, 7) is 5.79. The summed E-state index contributed by atoms with van der Waals surface area (Å²) in [6, 6.07) is 6.49. The van der Waals surface area contributed by atoms with Gasteiger partial charge in [-0.25, -0.2) is 0 Å². The first-order chi connectivity index (χ1) is 9.60. The second kappa shape index (κ2) is 4.80. The van der Waals surface area contributed by atoms with E-state index in [4.69, 9.17) is 5.73 Å². The molecule has 0 aliphatic rings. The second-order valence-electron chi connectivity index (χ2n) is 5.37. The maximum absolute atomic E-state index is 5.74. The minimum atomic E-state index is 0.586. The lowest BCUT2D eigenvalue weighted by atomic mass is 10.1. The smallest absolute Gasteiger partial charge is 0.0539 e. The van der Waals surface area contributed by atoms with Gasteiger partial charge in [0, 0.05) is 41.9 Å². The van der Waals surface area contributed by atoms with Gasteiger partial charge >= 0.3 is 0 Å². The molecule has 3 aromatic rings. The molecule has 1 aromatic carbocycles. The summed E-state index contributed by atoms with van der Waals surface area (Å²) in [5.74, 6) is 0. The number of aryl methyl sites for hydroxylation is 2. The predicted octanol–water partition coefficient (Wildman–Crippen LogP) is 2.50. The Labute approximate surface area is 118 Å². The van der Waals surface area contributed by atoms with Gasteiger partial charge in [0.15, 0.2) is 0 Å². The highest BCUT2D eigenvalue weighted by Crippen LogP contribution is 2.27. The third-order valence-corrected chi connectivity index (χ3v) is 4.04. The summed E-state index contributed by atoms with van der Waals surface area (Å²) >= 11 is 0. The molecule has 0 bridgehead atoms. The molecule has 2 N–H and O–H groups in total. The molecule has 0 unspecified atom stereocenters. The average molecular weight is 268 g/mol. The molecule has 0 aliphatic carbocycles. The quantitative estimate of drug-likeness (QED) is 0.793. The summed E-state index contributed by atoms with van der Waals surface area (Å²) in [4.78, 5) is 0. The lowest BCUT2D eigenvalue weighted by Crippen LogP contribution is -2.01. The van der Waals surface area contributed by atoms with Crippen molar-refractivity contribution in [2.24, 2.45) is 12.8 Å². The summed E-state index contributed by atoms with van der Waals surface area (Å²) in [5, 5.41) is 5.54. The maximum Gasteiger partial charge on any atom is 0.0539 e. The van der Waals surface area contributed by atoms with Crippen LogP contribution in [0.1, 0.15) is 22.4 Å². The SMILES string of the molecule is Cc1c(C)n(Cc2cnn(C)c2)c2ccc(CN)cc12. The highest BCUT2D eigenvalue weighted by atomic mass is 15.2. The van der Waals surface area contributed by atoms with Crippen molar-refractivity contribution in [1.82, 2.24) is 14.3 Å². The molecule has 4 nitrogen and oxygen atoms in total. The zero-order valence-electron chi connectivity index (χ0n) is 12.2. The number of nitrogens with zero attached hydrogens (tertiary/aromatic N) is 3. The van der Waals surface area contributed by atoms with E-state index < -0.39 is 0 Å². The van der Waals surface area contributed by atoms with Crippen molar-refractivity contribution in [3.05, 3.63) is 53.0 Å². The number of hydrogen-bond acceptors (Lipinski definition) is 2. The molecule has 2 aromatic heterocycles. The Bertz CT molecular complexity index is 764. The third kappa shape index (κ3) is 2.02. The lowest BCUT2D eigenvalue weighted by Gasteiger charge is -2.07. The molecule has 0 amide bonds. The van der Waals surface area contributed by atoms with Crippen LogP contribution < -0.4 is 5.73 Å². The first kappa shape index (κ1) is 12.9. The molecule has 0 spiro atoms. The fraction of sp³-hybridized carbons (Fsp3) is 0.312. The van der Waals surface area contributed by atoms with Crippen LogP contribution in [0, 0.1) is 13.8 Å². The minimum absolute atomic E-state index is 0.586. The molecule has 0 saturated heterocycles. The molecule has 0 aliphatic heterocycles. The topological polar surface area (TPSA) is 48.8 Å². The fourth-order valence-corrected chi connectivity index (χ4v) is 2.76. The van der Waals surface area contributed by atoms with Crippen molar-refractivity contribution >= 4 is 10.9 Å². The van der Waals surface area contributed by atoms with E-state index in [0.717, 1.165) is 6.54 Å². The maximum atomic E-state index is 5.74. The van der Waals surface area contributed by atoms with Gasteiger partial charge in [-0.1, -0.05) is 6.07 Å². The van der Waals surface area contributed by atoms with E-state index in [0.29, 0.717) is 6.54 Å². The van der Waals surface area contributed by atoms with Crippen LogP contribution in [-0.2, 0) is 20.1 Å². The molecular formula is C16H20N4. The van der Waals surface area contributed by atoms with Crippen LogP contribution in [0.4, 0.5) is 0 Å². The number of fused-ring (bicyclic) bond motifs is 1. The Kier molecular flexibility index (Phi) is 3.10. The molecule has 0 fully saturated rings. The van der Waals surface area contributed by atoms with Crippen molar-refractivity contribution in [3.63, 3.8) is 0 Å². The van der Waals surface area contributed by atoms with Crippen molar-refractivity contribution in [2.75, 3.05) is 0 Å². The van der Waals surface area contributed by atoms with Gasteiger partial charge in [-0.3, -0.25) is 4.68 Å². The van der Waals surface area contributed by atoms with Gasteiger partial charge in [-0.05, 0) is 37.1 Å². The molecule has 3 rings (SSSR count). The van der Waals surface area contributed by atoms with Crippen LogP contribution in [0.3, 0.4) is 0 Å². The van der Waals surface area contributed by atoms with E-state index in [1.165, 1.54) is 33.3 Å². The van der Waals surface area contributed by atoms with Crippen LogP contribution in [0.5, 0.6) is 0 Å². The van der Waals surface area contributed by atoms with Gasteiger partial charge in [0.25, 0.3) is 0 Å². The van der Waals surface area contributed by atoms with Gasteiger partial charge in [-0.15, -0.1) is 0 Å². The van der Waals surface area contributed by atoms with E-state index in [-0.39, 0.29) is 0 Å². The van der Waals surface area contributed by atoms with E-state index >= 15 is 0 Å². The highest BCUT2D eigenvalue weighted by Gasteiger charge is 2.12. The first-order valence-corrected chi connectivity index (χ1v) is 6.86. The molecular weight excluding hydrogens is 248 g/mol. The second-order valence-corrected chi connectivity index (χ2v) is 5.37. The normalized spacial score (nSPS) is 11.4. The molecule has 104 valence electrons. The molecule has 0 saturated carbocycles.